The molecule has 2 atom stereocenters. The number of aromatic nitrogens is 1. The molecule has 0 bridgehead atoms. The standard InChI is InChI=1S/C15H17N3O3/c1-10-6-8-17(14(10)9-19)13-5-4-12(18(20)21)11-3-2-7-16-15(11)13/h2-5,7,10,14,19H,6,8-9H2,1H3. The molecule has 2 aromatic rings. The fourth-order valence-corrected chi connectivity index (χ4v) is 3.12. The normalized spacial score (nSPS) is 21.9. The van der Waals surface area contributed by atoms with Gasteiger partial charge in [-0.25, -0.2) is 0 Å². The lowest BCUT2D eigenvalue weighted by atomic mass is 10.0. The Morgan fingerprint density at radius 2 is 2.29 bits per heavy atom. The van der Waals surface area contributed by atoms with Crippen molar-refractivity contribution in [2.45, 2.75) is 19.4 Å². The first kappa shape index (κ1) is 13.8. The van der Waals surface area contributed by atoms with Crippen LogP contribution in [-0.4, -0.2) is 34.2 Å². The Morgan fingerprint density at radius 1 is 1.48 bits per heavy atom. The first-order valence-corrected chi connectivity index (χ1v) is 7.03. The number of nitro groups is 1. The highest BCUT2D eigenvalue weighted by atomic mass is 16.6. The molecule has 21 heavy (non-hydrogen) atoms. The van der Waals surface area contributed by atoms with E-state index < -0.39 is 0 Å². The van der Waals surface area contributed by atoms with Crippen molar-refractivity contribution in [2.24, 2.45) is 5.92 Å². The van der Waals surface area contributed by atoms with Crippen LogP contribution in [0, 0.1) is 16.0 Å². The predicted octanol–water partition coefficient (Wildman–Crippen LogP) is 2.35. The highest BCUT2D eigenvalue weighted by molar-refractivity contribution is 5.97. The fourth-order valence-electron chi connectivity index (χ4n) is 3.12. The van der Waals surface area contributed by atoms with Crippen molar-refractivity contribution >= 4 is 22.3 Å². The number of nitrogens with zero attached hydrogens (tertiary/aromatic N) is 3. The third-order valence-corrected chi connectivity index (χ3v) is 4.30. The number of aliphatic hydroxyl groups is 1. The molecule has 2 unspecified atom stereocenters. The van der Waals surface area contributed by atoms with Crippen LogP contribution in [0.15, 0.2) is 30.5 Å². The Labute approximate surface area is 122 Å². The maximum atomic E-state index is 11.1. The van der Waals surface area contributed by atoms with E-state index >= 15 is 0 Å². The number of fused-ring (bicyclic) bond motifs is 1. The van der Waals surface area contributed by atoms with Crippen molar-refractivity contribution in [1.82, 2.24) is 4.98 Å². The highest BCUT2D eigenvalue weighted by Crippen LogP contribution is 2.36. The van der Waals surface area contributed by atoms with Crippen molar-refractivity contribution in [2.75, 3.05) is 18.1 Å². The summed E-state index contributed by atoms with van der Waals surface area (Å²) in [5.74, 6) is 0.393. The highest BCUT2D eigenvalue weighted by Gasteiger charge is 2.32. The van der Waals surface area contributed by atoms with E-state index in [-0.39, 0.29) is 23.3 Å². The van der Waals surface area contributed by atoms with Crippen molar-refractivity contribution in [3.63, 3.8) is 0 Å². The zero-order valence-electron chi connectivity index (χ0n) is 11.8. The molecule has 0 saturated carbocycles. The molecule has 0 aliphatic carbocycles. The molecule has 0 spiro atoms. The number of benzene rings is 1. The minimum absolute atomic E-state index is 0.0386. The molecule has 1 aromatic heterocycles. The summed E-state index contributed by atoms with van der Waals surface area (Å²) in [6.45, 7) is 3.02. The maximum Gasteiger partial charge on any atom is 0.278 e. The molecule has 1 aliphatic rings. The smallest absolute Gasteiger partial charge is 0.278 e. The second-order valence-corrected chi connectivity index (χ2v) is 5.47. The Balaban J connectivity index is 2.16. The van der Waals surface area contributed by atoms with Gasteiger partial charge < -0.3 is 10.0 Å². The fraction of sp³-hybridized carbons (Fsp3) is 0.400. The summed E-state index contributed by atoms with van der Waals surface area (Å²) in [6, 6.07) is 6.73. The molecular formula is C15H17N3O3. The van der Waals surface area contributed by atoms with Crippen LogP contribution in [0.25, 0.3) is 10.9 Å². The number of rotatable bonds is 3. The monoisotopic (exact) mass is 287 g/mol. The summed E-state index contributed by atoms with van der Waals surface area (Å²) in [7, 11) is 0. The van der Waals surface area contributed by atoms with Gasteiger partial charge in [0.15, 0.2) is 0 Å². The quantitative estimate of drug-likeness (QED) is 0.692. The van der Waals surface area contributed by atoms with Crippen LogP contribution in [0.2, 0.25) is 0 Å². The van der Waals surface area contributed by atoms with Gasteiger partial charge in [-0.1, -0.05) is 6.92 Å². The van der Waals surface area contributed by atoms with Crippen LogP contribution in [-0.2, 0) is 0 Å². The van der Waals surface area contributed by atoms with Crippen molar-refractivity contribution < 1.29 is 10.0 Å². The third-order valence-electron chi connectivity index (χ3n) is 4.30. The minimum atomic E-state index is -0.385. The van der Waals surface area contributed by atoms with Crippen LogP contribution in [0.4, 0.5) is 11.4 Å². The second kappa shape index (κ2) is 5.29. The first-order chi connectivity index (χ1) is 10.1. The Hall–Kier alpha value is -2.21. The average molecular weight is 287 g/mol. The summed E-state index contributed by atoms with van der Waals surface area (Å²) in [6.07, 6.45) is 2.64. The molecule has 0 amide bonds. The number of aliphatic hydroxyl groups excluding tert-OH is 1. The molecule has 1 N–H and O–H groups in total. The number of hydrogen-bond donors (Lipinski definition) is 1. The van der Waals surface area contributed by atoms with E-state index in [4.69, 9.17) is 0 Å². The van der Waals surface area contributed by atoms with Gasteiger partial charge in [0.1, 0.15) is 5.52 Å². The van der Waals surface area contributed by atoms with Crippen LogP contribution in [0.1, 0.15) is 13.3 Å². The number of hydrogen-bond acceptors (Lipinski definition) is 5. The van der Waals surface area contributed by atoms with E-state index in [2.05, 4.69) is 16.8 Å². The topological polar surface area (TPSA) is 79.5 Å². The van der Waals surface area contributed by atoms with Crippen molar-refractivity contribution in [3.05, 3.63) is 40.6 Å². The zero-order valence-corrected chi connectivity index (χ0v) is 11.8. The molecule has 110 valence electrons. The Bertz CT molecular complexity index is 689. The van der Waals surface area contributed by atoms with E-state index in [0.29, 0.717) is 16.8 Å². The third kappa shape index (κ3) is 2.21. The van der Waals surface area contributed by atoms with Gasteiger partial charge in [-0.05, 0) is 30.5 Å². The summed E-state index contributed by atoms with van der Waals surface area (Å²) in [5.41, 5.74) is 1.55. The van der Waals surface area contributed by atoms with Gasteiger partial charge >= 0.3 is 0 Å². The van der Waals surface area contributed by atoms with Gasteiger partial charge in [0, 0.05) is 18.8 Å². The molecule has 1 fully saturated rings. The van der Waals surface area contributed by atoms with E-state index in [1.54, 1.807) is 24.4 Å². The molecule has 6 heteroatoms. The summed E-state index contributed by atoms with van der Waals surface area (Å²) >= 11 is 0. The molecule has 1 aromatic carbocycles. The van der Waals surface area contributed by atoms with E-state index in [1.165, 1.54) is 6.07 Å². The lowest BCUT2D eigenvalue weighted by molar-refractivity contribution is -0.383. The van der Waals surface area contributed by atoms with E-state index in [9.17, 15) is 15.2 Å². The predicted molar refractivity (Wildman–Crippen MR) is 80.4 cm³/mol. The van der Waals surface area contributed by atoms with Gasteiger partial charge in [-0.3, -0.25) is 15.1 Å². The van der Waals surface area contributed by atoms with Crippen LogP contribution < -0.4 is 4.90 Å². The van der Waals surface area contributed by atoms with E-state index in [0.717, 1.165) is 18.7 Å². The molecular weight excluding hydrogens is 270 g/mol. The number of non-ortho nitro benzene ring substituents is 1. The van der Waals surface area contributed by atoms with Crippen LogP contribution in [0.5, 0.6) is 0 Å². The average Bonchev–Trinajstić information content (AvgIpc) is 2.86. The molecule has 1 aliphatic heterocycles. The van der Waals surface area contributed by atoms with Gasteiger partial charge in [0.25, 0.3) is 5.69 Å². The lowest BCUT2D eigenvalue weighted by Crippen LogP contribution is -2.35. The molecule has 2 heterocycles. The molecule has 3 rings (SSSR count). The summed E-state index contributed by atoms with van der Waals surface area (Å²) in [4.78, 5) is 17.2. The van der Waals surface area contributed by atoms with Crippen LogP contribution in [0.3, 0.4) is 0 Å². The van der Waals surface area contributed by atoms with Gasteiger partial charge in [0.2, 0.25) is 0 Å². The van der Waals surface area contributed by atoms with Gasteiger partial charge in [-0.15, -0.1) is 0 Å². The van der Waals surface area contributed by atoms with Gasteiger partial charge in [-0.2, -0.15) is 0 Å². The number of anilines is 1. The number of nitro benzene ring substituents is 1. The van der Waals surface area contributed by atoms with Gasteiger partial charge in [0.05, 0.1) is 28.6 Å². The van der Waals surface area contributed by atoms with E-state index in [1.807, 2.05) is 0 Å². The largest absolute Gasteiger partial charge is 0.394 e. The summed E-state index contributed by atoms with van der Waals surface area (Å²) < 4.78 is 0. The molecule has 6 nitrogen and oxygen atoms in total. The summed E-state index contributed by atoms with van der Waals surface area (Å²) in [5, 5.41) is 21.3. The SMILES string of the molecule is CC1CCN(c2ccc([N+](=O)[O-])c3cccnc23)C1CO. The first-order valence-electron chi connectivity index (χ1n) is 7.03. The maximum absolute atomic E-state index is 11.1. The molecule has 0 radical (unpaired) electrons. The second-order valence-electron chi connectivity index (χ2n) is 5.47. The Kier molecular flexibility index (Phi) is 3.47. The van der Waals surface area contributed by atoms with Crippen molar-refractivity contribution in [1.29, 1.82) is 0 Å². The zero-order chi connectivity index (χ0) is 15.0. The van der Waals surface area contributed by atoms with Crippen molar-refractivity contribution in [3.8, 4) is 0 Å². The Morgan fingerprint density at radius 3 is 3.00 bits per heavy atom. The van der Waals surface area contributed by atoms with Crippen LogP contribution >= 0.6 is 0 Å². The lowest BCUT2D eigenvalue weighted by Gasteiger charge is -2.27. The number of pyridine rings is 1. The minimum Gasteiger partial charge on any atom is -0.394 e. The molecule has 1 saturated heterocycles.